The van der Waals surface area contributed by atoms with E-state index >= 15 is 0 Å². The molecule has 1 atom stereocenters. The first kappa shape index (κ1) is 14.9. The molecule has 19 heavy (non-hydrogen) atoms. The number of thiazole rings is 1. The van der Waals surface area contributed by atoms with E-state index in [1.807, 2.05) is 43.5 Å². The Morgan fingerprint density at radius 2 is 2.26 bits per heavy atom. The average Bonchev–Trinajstić information content (AvgIpc) is 2.61. The molecule has 0 spiro atoms. The van der Waals surface area contributed by atoms with Gasteiger partial charge in [-0.25, -0.2) is 4.98 Å². The van der Waals surface area contributed by atoms with Crippen LogP contribution in [0, 0.1) is 0 Å². The summed E-state index contributed by atoms with van der Waals surface area (Å²) in [4.78, 5) is 7.78. The standard InChI is InChI=1S/C14H25N3OS/c1-14(18,10-17(2)3)9-15-7-12-8-16-13(19-12)11-5-4-6-11/h8,11,15,18H,4-7,9-10H2,1-3H3. The topological polar surface area (TPSA) is 48.4 Å². The summed E-state index contributed by atoms with van der Waals surface area (Å²) in [6.45, 7) is 3.93. The lowest BCUT2D eigenvalue weighted by Crippen LogP contribution is -2.45. The Balaban J connectivity index is 1.74. The molecule has 0 saturated heterocycles. The van der Waals surface area contributed by atoms with Crippen LogP contribution in [-0.2, 0) is 6.54 Å². The number of hydrogen-bond acceptors (Lipinski definition) is 5. The molecular weight excluding hydrogens is 258 g/mol. The molecule has 2 N–H and O–H groups in total. The van der Waals surface area contributed by atoms with Crippen molar-refractivity contribution in [3.8, 4) is 0 Å². The van der Waals surface area contributed by atoms with Crippen LogP contribution in [0.25, 0.3) is 0 Å². The predicted molar refractivity (Wildman–Crippen MR) is 79.6 cm³/mol. The van der Waals surface area contributed by atoms with Gasteiger partial charge in [-0.3, -0.25) is 0 Å². The minimum atomic E-state index is -0.689. The molecule has 0 aromatic carbocycles. The van der Waals surface area contributed by atoms with Gasteiger partial charge < -0.3 is 15.3 Å². The van der Waals surface area contributed by atoms with Gasteiger partial charge in [0.25, 0.3) is 0 Å². The second-order valence-corrected chi connectivity index (χ2v) is 7.28. The lowest BCUT2D eigenvalue weighted by molar-refractivity contribution is 0.0336. The van der Waals surface area contributed by atoms with Crippen LogP contribution in [-0.4, -0.2) is 47.8 Å². The summed E-state index contributed by atoms with van der Waals surface area (Å²) < 4.78 is 0. The van der Waals surface area contributed by atoms with E-state index in [0.717, 1.165) is 12.5 Å². The van der Waals surface area contributed by atoms with Gasteiger partial charge in [-0.1, -0.05) is 6.42 Å². The fraction of sp³-hybridized carbons (Fsp3) is 0.786. The van der Waals surface area contributed by atoms with Crippen molar-refractivity contribution in [1.82, 2.24) is 15.2 Å². The third kappa shape index (κ3) is 4.53. The second-order valence-electron chi connectivity index (χ2n) is 6.13. The average molecular weight is 283 g/mol. The van der Waals surface area contributed by atoms with Crippen molar-refractivity contribution in [1.29, 1.82) is 0 Å². The molecule has 1 aromatic heterocycles. The normalized spacial score (nSPS) is 19.4. The minimum absolute atomic E-state index is 0.599. The van der Waals surface area contributed by atoms with Crippen molar-refractivity contribution in [3.63, 3.8) is 0 Å². The molecule has 1 heterocycles. The number of nitrogens with one attached hydrogen (secondary N) is 1. The van der Waals surface area contributed by atoms with Gasteiger partial charge in [-0.05, 0) is 33.9 Å². The maximum atomic E-state index is 10.2. The second kappa shape index (κ2) is 6.31. The molecule has 0 bridgehead atoms. The van der Waals surface area contributed by atoms with Gasteiger partial charge in [0.05, 0.1) is 10.6 Å². The van der Waals surface area contributed by atoms with Crippen LogP contribution >= 0.6 is 11.3 Å². The molecule has 1 aromatic rings. The molecular formula is C14H25N3OS. The van der Waals surface area contributed by atoms with E-state index in [0.29, 0.717) is 13.1 Å². The fourth-order valence-electron chi connectivity index (χ4n) is 2.44. The number of nitrogens with zero attached hydrogens (tertiary/aromatic N) is 2. The fourth-order valence-corrected chi connectivity index (χ4v) is 3.50. The van der Waals surface area contributed by atoms with E-state index in [9.17, 15) is 5.11 Å². The van der Waals surface area contributed by atoms with Crippen molar-refractivity contribution in [2.75, 3.05) is 27.2 Å². The van der Waals surface area contributed by atoms with Crippen molar-refractivity contribution < 1.29 is 5.11 Å². The maximum absolute atomic E-state index is 10.2. The van der Waals surface area contributed by atoms with Crippen LogP contribution in [0.4, 0.5) is 0 Å². The van der Waals surface area contributed by atoms with E-state index in [2.05, 4.69) is 10.3 Å². The quantitative estimate of drug-likeness (QED) is 0.801. The van der Waals surface area contributed by atoms with Crippen molar-refractivity contribution in [3.05, 3.63) is 16.1 Å². The summed E-state index contributed by atoms with van der Waals surface area (Å²) in [5.74, 6) is 0.718. The van der Waals surface area contributed by atoms with Gasteiger partial charge >= 0.3 is 0 Å². The first-order chi connectivity index (χ1) is 8.96. The van der Waals surface area contributed by atoms with Gasteiger partial charge in [0, 0.05) is 36.6 Å². The maximum Gasteiger partial charge on any atom is 0.0959 e. The van der Waals surface area contributed by atoms with Crippen molar-refractivity contribution in [2.45, 2.75) is 44.2 Å². The highest BCUT2D eigenvalue weighted by molar-refractivity contribution is 7.11. The first-order valence-corrected chi connectivity index (χ1v) is 7.80. The van der Waals surface area contributed by atoms with E-state index in [4.69, 9.17) is 0 Å². The minimum Gasteiger partial charge on any atom is -0.388 e. The third-order valence-electron chi connectivity index (χ3n) is 3.49. The molecule has 1 fully saturated rings. The Morgan fingerprint density at radius 1 is 1.53 bits per heavy atom. The van der Waals surface area contributed by atoms with Crippen LogP contribution in [0.1, 0.15) is 42.0 Å². The molecule has 0 radical (unpaired) electrons. The van der Waals surface area contributed by atoms with E-state index in [1.165, 1.54) is 29.1 Å². The summed E-state index contributed by atoms with van der Waals surface area (Å²) >= 11 is 1.82. The summed E-state index contributed by atoms with van der Waals surface area (Å²) in [5, 5.41) is 14.8. The van der Waals surface area contributed by atoms with Gasteiger partial charge in [-0.2, -0.15) is 0 Å². The first-order valence-electron chi connectivity index (χ1n) is 6.99. The number of aromatic nitrogens is 1. The Hall–Kier alpha value is -0.490. The molecule has 1 aliphatic carbocycles. The monoisotopic (exact) mass is 283 g/mol. The third-order valence-corrected chi connectivity index (χ3v) is 4.65. The van der Waals surface area contributed by atoms with Crippen LogP contribution in [0.3, 0.4) is 0 Å². The molecule has 5 heteroatoms. The molecule has 1 aliphatic rings. The summed E-state index contributed by atoms with van der Waals surface area (Å²) in [6.07, 6.45) is 5.94. The zero-order valence-electron chi connectivity index (χ0n) is 12.1. The molecule has 0 aliphatic heterocycles. The van der Waals surface area contributed by atoms with Gasteiger partial charge in [-0.15, -0.1) is 11.3 Å². The number of hydrogen-bond donors (Lipinski definition) is 2. The highest BCUT2D eigenvalue weighted by atomic mass is 32.1. The summed E-state index contributed by atoms with van der Waals surface area (Å²) in [5.41, 5.74) is -0.689. The van der Waals surface area contributed by atoms with E-state index in [1.54, 1.807) is 0 Å². The lowest BCUT2D eigenvalue weighted by atomic mass is 9.86. The lowest BCUT2D eigenvalue weighted by Gasteiger charge is -2.27. The Bertz CT molecular complexity index is 399. The molecule has 1 saturated carbocycles. The number of likely N-dealkylation sites (N-methyl/N-ethyl adjacent to an activating group) is 1. The molecule has 1 unspecified atom stereocenters. The smallest absolute Gasteiger partial charge is 0.0959 e. The van der Waals surface area contributed by atoms with Crippen molar-refractivity contribution >= 4 is 11.3 Å². The largest absolute Gasteiger partial charge is 0.388 e. The molecule has 0 amide bonds. The predicted octanol–water partition coefficient (Wildman–Crippen LogP) is 1.81. The van der Waals surface area contributed by atoms with Gasteiger partial charge in [0.15, 0.2) is 0 Å². The summed E-state index contributed by atoms with van der Waals surface area (Å²) in [7, 11) is 3.95. The zero-order chi connectivity index (χ0) is 13.9. The highest BCUT2D eigenvalue weighted by Gasteiger charge is 2.23. The van der Waals surface area contributed by atoms with Crippen LogP contribution in [0.2, 0.25) is 0 Å². The molecule has 4 nitrogen and oxygen atoms in total. The highest BCUT2D eigenvalue weighted by Crippen LogP contribution is 2.38. The number of rotatable bonds is 7. The number of aliphatic hydroxyl groups is 1. The Morgan fingerprint density at radius 3 is 2.84 bits per heavy atom. The van der Waals surface area contributed by atoms with Crippen LogP contribution < -0.4 is 5.32 Å². The summed E-state index contributed by atoms with van der Waals surface area (Å²) in [6, 6.07) is 0. The van der Waals surface area contributed by atoms with Crippen LogP contribution in [0.5, 0.6) is 0 Å². The van der Waals surface area contributed by atoms with Crippen molar-refractivity contribution in [2.24, 2.45) is 0 Å². The van der Waals surface area contributed by atoms with Crippen LogP contribution in [0.15, 0.2) is 6.20 Å². The van der Waals surface area contributed by atoms with Gasteiger partial charge in [0.2, 0.25) is 0 Å². The Labute approximate surface area is 119 Å². The molecule has 108 valence electrons. The SMILES string of the molecule is CN(C)CC(C)(O)CNCc1cnc(C2CCC2)s1. The molecule has 2 rings (SSSR count). The van der Waals surface area contributed by atoms with E-state index < -0.39 is 5.60 Å². The zero-order valence-corrected chi connectivity index (χ0v) is 13.0. The Kier molecular flexibility index (Phi) is 4.95. The van der Waals surface area contributed by atoms with Gasteiger partial charge in [0.1, 0.15) is 0 Å². The van der Waals surface area contributed by atoms with E-state index in [-0.39, 0.29) is 0 Å².